The Bertz CT molecular complexity index is 1330. The number of anilines is 1. The summed E-state index contributed by atoms with van der Waals surface area (Å²) in [6.45, 7) is 3.22. The molecule has 2 aromatic carbocycles. The van der Waals surface area contributed by atoms with E-state index >= 15 is 0 Å². The van der Waals surface area contributed by atoms with Gasteiger partial charge < -0.3 is 4.74 Å². The van der Waals surface area contributed by atoms with E-state index in [1.807, 2.05) is 0 Å². The molecule has 0 radical (unpaired) electrons. The van der Waals surface area contributed by atoms with Gasteiger partial charge in [-0.05, 0) is 67.4 Å². The Morgan fingerprint density at radius 3 is 2.08 bits per heavy atom. The van der Waals surface area contributed by atoms with Crippen molar-refractivity contribution < 1.29 is 40.3 Å². The molecule has 1 amide bonds. The average Bonchev–Trinajstić information content (AvgIpc) is 3.14. The van der Waals surface area contributed by atoms with Crippen molar-refractivity contribution >= 4 is 17.3 Å². The zero-order valence-electron chi connectivity index (χ0n) is 19.9. The van der Waals surface area contributed by atoms with E-state index < -0.39 is 47.3 Å². The lowest BCUT2D eigenvalue weighted by Gasteiger charge is -2.25. The second-order valence-corrected chi connectivity index (χ2v) is 9.04. The molecule has 200 valence electrons. The quantitative estimate of drug-likeness (QED) is 0.329. The lowest BCUT2D eigenvalue weighted by Crippen LogP contribution is -2.30. The molecule has 4 rings (SSSR count). The van der Waals surface area contributed by atoms with Crippen molar-refractivity contribution in [3.8, 4) is 5.75 Å². The molecule has 38 heavy (non-hydrogen) atoms. The molecule has 1 unspecified atom stereocenters. The van der Waals surface area contributed by atoms with Crippen molar-refractivity contribution in [3.63, 3.8) is 0 Å². The number of halogens is 7. The summed E-state index contributed by atoms with van der Waals surface area (Å²) >= 11 is 0. The second-order valence-electron chi connectivity index (χ2n) is 9.04. The van der Waals surface area contributed by atoms with Crippen LogP contribution < -0.4 is 9.64 Å². The minimum Gasteiger partial charge on any atom is -0.406 e. The van der Waals surface area contributed by atoms with E-state index in [2.05, 4.69) is 14.7 Å². The molecular weight excluding hydrogens is 519 g/mol. The van der Waals surface area contributed by atoms with Crippen molar-refractivity contribution in [3.05, 3.63) is 89.5 Å². The number of rotatable bonds is 5. The number of alkyl halides is 6. The third-order valence-corrected chi connectivity index (χ3v) is 5.94. The van der Waals surface area contributed by atoms with Crippen LogP contribution in [0.1, 0.15) is 43.1 Å². The fraction of sp³-hybridized carbons (Fsp3) is 0.269. The molecule has 0 bridgehead atoms. The van der Waals surface area contributed by atoms with Crippen molar-refractivity contribution in [2.45, 2.75) is 44.4 Å². The predicted octanol–water partition coefficient (Wildman–Crippen LogP) is 6.99. The average molecular weight is 539 g/mol. The van der Waals surface area contributed by atoms with E-state index in [1.54, 1.807) is 13.8 Å². The summed E-state index contributed by atoms with van der Waals surface area (Å²) in [6, 6.07) is 11.5. The number of pyridine rings is 1. The molecular formula is C26H20F7N3O2. The molecule has 5 nitrogen and oxygen atoms in total. The first kappa shape index (κ1) is 27.1. The zero-order valence-corrected chi connectivity index (χ0v) is 19.9. The first-order valence-electron chi connectivity index (χ1n) is 11.2. The van der Waals surface area contributed by atoms with Crippen LogP contribution >= 0.6 is 0 Å². The standard InChI is InChI=1S/C26H20F7N3O2/c1-24(2,16-5-12-22(34-14-16)25(28,29)30)35-20-13-21(15-3-6-17(27)7-4-15)36(23(20)37)18-8-10-19(11-9-18)38-26(31,32)33/h3-12,14,21H,13H2,1-2H3. The maximum absolute atomic E-state index is 13.6. The minimum absolute atomic E-state index is 0.0583. The number of carbonyl (C=O) groups is 1. The van der Waals surface area contributed by atoms with Gasteiger partial charge in [-0.25, -0.2) is 4.39 Å². The van der Waals surface area contributed by atoms with Gasteiger partial charge in [0.05, 0.1) is 11.6 Å². The lowest BCUT2D eigenvalue weighted by atomic mass is 9.95. The number of amides is 1. The molecule has 0 N–H and O–H groups in total. The molecule has 1 aliphatic rings. The number of benzene rings is 2. The van der Waals surface area contributed by atoms with E-state index in [4.69, 9.17) is 0 Å². The molecule has 2 heterocycles. The largest absolute Gasteiger partial charge is 0.573 e. The van der Waals surface area contributed by atoms with E-state index in [0.717, 1.165) is 24.4 Å². The highest BCUT2D eigenvalue weighted by Gasteiger charge is 2.40. The van der Waals surface area contributed by atoms with Crippen LogP contribution in [-0.4, -0.2) is 23.0 Å². The monoisotopic (exact) mass is 539 g/mol. The van der Waals surface area contributed by atoms with Gasteiger partial charge in [-0.2, -0.15) is 13.2 Å². The molecule has 1 aromatic heterocycles. The van der Waals surface area contributed by atoms with Gasteiger partial charge in [0.2, 0.25) is 0 Å². The molecule has 1 saturated heterocycles. The van der Waals surface area contributed by atoms with Gasteiger partial charge in [-0.1, -0.05) is 18.2 Å². The number of aromatic nitrogens is 1. The maximum atomic E-state index is 13.6. The topological polar surface area (TPSA) is 54.8 Å². The number of ether oxygens (including phenoxy) is 1. The van der Waals surface area contributed by atoms with E-state index in [9.17, 15) is 35.5 Å². The summed E-state index contributed by atoms with van der Waals surface area (Å²) in [7, 11) is 0. The molecule has 1 fully saturated rings. The molecule has 12 heteroatoms. The summed E-state index contributed by atoms with van der Waals surface area (Å²) < 4.78 is 93.8. The van der Waals surface area contributed by atoms with Gasteiger partial charge in [0.15, 0.2) is 0 Å². The van der Waals surface area contributed by atoms with Crippen LogP contribution in [0, 0.1) is 5.82 Å². The van der Waals surface area contributed by atoms with Gasteiger partial charge >= 0.3 is 12.5 Å². The fourth-order valence-electron chi connectivity index (χ4n) is 4.12. The second kappa shape index (κ2) is 9.73. The highest BCUT2D eigenvalue weighted by molar-refractivity contribution is 6.46. The first-order chi connectivity index (χ1) is 17.6. The Hall–Kier alpha value is -3.96. The summed E-state index contributed by atoms with van der Waals surface area (Å²) in [5.41, 5.74) is -0.999. The summed E-state index contributed by atoms with van der Waals surface area (Å²) in [6.07, 6.45) is -8.40. The summed E-state index contributed by atoms with van der Waals surface area (Å²) in [5, 5.41) is 0. The van der Waals surface area contributed by atoms with Gasteiger partial charge in [-0.15, -0.1) is 13.2 Å². The number of carbonyl (C=O) groups excluding carboxylic acids is 1. The maximum Gasteiger partial charge on any atom is 0.573 e. The highest BCUT2D eigenvalue weighted by atomic mass is 19.4. The van der Waals surface area contributed by atoms with E-state index in [1.165, 1.54) is 47.4 Å². The van der Waals surface area contributed by atoms with Crippen LogP contribution in [0.3, 0.4) is 0 Å². The number of hydrogen-bond donors (Lipinski definition) is 0. The van der Waals surface area contributed by atoms with Crippen LogP contribution in [0.4, 0.5) is 36.4 Å². The SMILES string of the molecule is CC(C)(N=C1CC(c2ccc(F)cc2)N(c2ccc(OC(F)(F)F)cc2)C1=O)c1ccc(C(F)(F)F)nc1. The van der Waals surface area contributed by atoms with Gasteiger partial charge in [0.25, 0.3) is 5.91 Å². The number of nitrogens with zero attached hydrogens (tertiary/aromatic N) is 3. The van der Waals surface area contributed by atoms with Crippen LogP contribution in [0.15, 0.2) is 71.9 Å². The van der Waals surface area contributed by atoms with E-state index in [-0.39, 0.29) is 17.8 Å². The molecule has 1 aliphatic heterocycles. The number of aliphatic imine (C=N–C) groups is 1. The Morgan fingerprint density at radius 2 is 1.55 bits per heavy atom. The van der Waals surface area contributed by atoms with Crippen molar-refractivity contribution in [1.82, 2.24) is 4.98 Å². The highest BCUT2D eigenvalue weighted by Crippen LogP contribution is 2.39. The van der Waals surface area contributed by atoms with Crippen LogP contribution in [-0.2, 0) is 16.5 Å². The molecule has 0 saturated carbocycles. The number of hydrogen-bond acceptors (Lipinski definition) is 4. The molecule has 0 spiro atoms. The van der Waals surface area contributed by atoms with Crippen molar-refractivity contribution in [2.75, 3.05) is 4.90 Å². The third-order valence-electron chi connectivity index (χ3n) is 5.94. The third kappa shape index (κ3) is 5.95. The normalized spacial score (nSPS) is 17.8. The van der Waals surface area contributed by atoms with Crippen molar-refractivity contribution in [2.24, 2.45) is 4.99 Å². The van der Waals surface area contributed by atoms with Gasteiger partial charge in [0.1, 0.15) is 23.0 Å². The van der Waals surface area contributed by atoms with E-state index in [0.29, 0.717) is 11.1 Å². The molecule has 0 aliphatic carbocycles. The molecule has 3 aromatic rings. The predicted molar refractivity (Wildman–Crippen MR) is 124 cm³/mol. The zero-order chi connectivity index (χ0) is 27.9. The van der Waals surface area contributed by atoms with Gasteiger partial charge in [0, 0.05) is 18.3 Å². The Balaban J connectivity index is 1.70. The summed E-state index contributed by atoms with van der Waals surface area (Å²) in [4.78, 5) is 22.8. The van der Waals surface area contributed by atoms with Crippen molar-refractivity contribution in [1.29, 1.82) is 0 Å². The first-order valence-corrected chi connectivity index (χ1v) is 11.2. The Labute approximate surface area is 212 Å². The lowest BCUT2D eigenvalue weighted by molar-refractivity contribution is -0.274. The Kier molecular flexibility index (Phi) is 6.94. The minimum atomic E-state index is -4.89. The Morgan fingerprint density at radius 1 is 0.921 bits per heavy atom. The van der Waals surface area contributed by atoms with Gasteiger partial charge in [-0.3, -0.25) is 19.7 Å². The van der Waals surface area contributed by atoms with Crippen LogP contribution in [0.2, 0.25) is 0 Å². The van der Waals surface area contributed by atoms with Crippen LogP contribution in [0.5, 0.6) is 5.75 Å². The fourth-order valence-corrected chi connectivity index (χ4v) is 4.12. The summed E-state index contributed by atoms with van der Waals surface area (Å²) in [5.74, 6) is -1.53. The molecule has 1 atom stereocenters. The van der Waals surface area contributed by atoms with Crippen LogP contribution in [0.25, 0.3) is 0 Å². The smallest absolute Gasteiger partial charge is 0.406 e.